The maximum absolute atomic E-state index is 5.52. The molecule has 0 aliphatic carbocycles. The summed E-state index contributed by atoms with van der Waals surface area (Å²) in [5.41, 5.74) is 1.27. The lowest BCUT2D eigenvalue weighted by Gasteiger charge is -2.23. The van der Waals surface area contributed by atoms with Crippen molar-refractivity contribution in [3.8, 4) is 5.88 Å². The lowest BCUT2D eigenvalue weighted by molar-refractivity contribution is 0.232. The molecule has 3 heteroatoms. The minimum absolute atomic E-state index is 0.186. The van der Waals surface area contributed by atoms with Crippen LogP contribution in [0.1, 0.15) is 44.7 Å². The minimum atomic E-state index is 0.186. The summed E-state index contributed by atoms with van der Waals surface area (Å²) in [5, 5.41) is 3.51. The van der Waals surface area contributed by atoms with Gasteiger partial charge in [0.25, 0.3) is 0 Å². The molecule has 16 heavy (non-hydrogen) atoms. The molecule has 1 aliphatic rings. The van der Waals surface area contributed by atoms with Gasteiger partial charge >= 0.3 is 0 Å². The van der Waals surface area contributed by atoms with Gasteiger partial charge in [0.2, 0.25) is 5.88 Å². The molecule has 0 amide bonds. The minimum Gasteiger partial charge on any atom is -0.475 e. The van der Waals surface area contributed by atoms with E-state index in [4.69, 9.17) is 4.74 Å². The van der Waals surface area contributed by atoms with E-state index in [1.807, 2.05) is 26.1 Å². The molecule has 2 heterocycles. The molecule has 0 unspecified atom stereocenters. The van der Waals surface area contributed by atoms with Crippen molar-refractivity contribution in [1.82, 2.24) is 10.3 Å². The number of hydrogen-bond donors (Lipinski definition) is 1. The number of aromatic nitrogens is 1. The SMILES string of the molecule is CC(C)Oc1ccc([C@H]2CCCCN2)cn1. The third-order valence-electron chi connectivity index (χ3n) is 2.83. The van der Waals surface area contributed by atoms with Gasteiger partial charge in [0.1, 0.15) is 0 Å². The highest BCUT2D eigenvalue weighted by Gasteiger charge is 2.14. The predicted octanol–water partition coefficient (Wildman–Crippen LogP) is 2.68. The molecule has 0 bridgehead atoms. The van der Waals surface area contributed by atoms with Crippen LogP contribution in [0.25, 0.3) is 0 Å². The number of hydrogen-bond acceptors (Lipinski definition) is 3. The molecule has 0 spiro atoms. The normalized spacial score (nSPS) is 21.1. The van der Waals surface area contributed by atoms with E-state index in [-0.39, 0.29) is 6.10 Å². The van der Waals surface area contributed by atoms with Crippen LogP contribution >= 0.6 is 0 Å². The molecule has 2 rings (SSSR count). The largest absolute Gasteiger partial charge is 0.475 e. The maximum atomic E-state index is 5.52. The molecule has 3 nitrogen and oxygen atoms in total. The zero-order chi connectivity index (χ0) is 11.4. The van der Waals surface area contributed by atoms with Crippen LogP contribution < -0.4 is 10.1 Å². The summed E-state index contributed by atoms with van der Waals surface area (Å²) in [5.74, 6) is 0.717. The molecule has 1 fully saturated rings. The Kier molecular flexibility index (Phi) is 3.78. The van der Waals surface area contributed by atoms with Crippen LogP contribution in [-0.4, -0.2) is 17.6 Å². The highest BCUT2D eigenvalue weighted by Crippen LogP contribution is 2.23. The standard InChI is InChI=1S/C13H20N2O/c1-10(2)16-13-7-6-11(9-15-13)12-5-3-4-8-14-12/h6-7,9-10,12,14H,3-5,8H2,1-2H3/t12-/m1/s1. The van der Waals surface area contributed by atoms with Crippen LogP contribution in [0.4, 0.5) is 0 Å². The maximum Gasteiger partial charge on any atom is 0.213 e. The number of piperidine rings is 1. The zero-order valence-electron chi connectivity index (χ0n) is 10.1. The first-order chi connectivity index (χ1) is 7.75. The van der Waals surface area contributed by atoms with Gasteiger partial charge in [-0.1, -0.05) is 12.5 Å². The second-order valence-electron chi connectivity index (χ2n) is 4.60. The van der Waals surface area contributed by atoms with Crippen LogP contribution in [0.3, 0.4) is 0 Å². The van der Waals surface area contributed by atoms with Crippen molar-refractivity contribution in [2.45, 2.75) is 45.3 Å². The molecular weight excluding hydrogens is 200 g/mol. The summed E-state index contributed by atoms with van der Waals surface area (Å²) >= 11 is 0. The van der Waals surface area contributed by atoms with Crippen molar-refractivity contribution in [2.24, 2.45) is 0 Å². The molecule has 1 saturated heterocycles. The second kappa shape index (κ2) is 5.30. The van der Waals surface area contributed by atoms with Crippen LogP contribution in [-0.2, 0) is 0 Å². The van der Waals surface area contributed by atoms with Crippen molar-refractivity contribution in [3.05, 3.63) is 23.9 Å². The van der Waals surface area contributed by atoms with E-state index in [9.17, 15) is 0 Å². The molecule has 1 atom stereocenters. The van der Waals surface area contributed by atoms with E-state index in [1.165, 1.54) is 24.8 Å². The third kappa shape index (κ3) is 2.95. The average molecular weight is 220 g/mol. The molecule has 1 aliphatic heterocycles. The molecule has 1 aromatic heterocycles. The first-order valence-electron chi connectivity index (χ1n) is 6.11. The highest BCUT2D eigenvalue weighted by atomic mass is 16.5. The van der Waals surface area contributed by atoms with Gasteiger partial charge < -0.3 is 10.1 Å². The fourth-order valence-corrected chi connectivity index (χ4v) is 2.05. The lowest BCUT2D eigenvalue weighted by Crippen LogP contribution is -2.26. The van der Waals surface area contributed by atoms with Crippen molar-refractivity contribution >= 4 is 0 Å². The van der Waals surface area contributed by atoms with Crippen LogP contribution in [0.2, 0.25) is 0 Å². The fourth-order valence-electron chi connectivity index (χ4n) is 2.05. The van der Waals surface area contributed by atoms with Crippen molar-refractivity contribution in [2.75, 3.05) is 6.54 Å². The van der Waals surface area contributed by atoms with Gasteiger partial charge in [-0.05, 0) is 38.8 Å². The summed E-state index contributed by atoms with van der Waals surface area (Å²) in [6.07, 6.45) is 5.93. The van der Waals surface area contributed by atoms with Crippen LogP contribution in [0.15, 0.2) is 18.3 Å². The van der Waals surface area contributed by atoms with E-state index >= 15 is 0 Å². The van der Waals surface area contributed by atoms with Gasteiger partial charge in [-0.3, -0.25) is 0 Å². The lowest BCUT2D eigenvalue weighted by atomic mass is 9.99. The van der Waals surface area contributed by atoms with Crippen molar-refractivity contribution < 1.29 is 4.74 Å². The first-order valence-corrected chi connectivity index (χ1v) is 6.11. The fraction of sp³-hybridized carbons (Fsp3) is 0.615. The number of nitrogens with one attached hydrogen (secondary N) is 1. The molecule has 0 radical (unpaired) electrons. The number of pyridine rings is 1. The second-order valence-corrected chi connectivity index (χ2v) is 4.60. The number of nitrogens with zero attached hydrogens (tertiary/aromatic N) is 1. The Morgan fingerprint density at radius 3 is 2.81 bits per heavy atom. The molecule has 1 N–H and O–H groups in total. The van der Waals surface area contributed by atoms with Gasteiger partial charge in [-0.15, -0.1) is 0 Å². The quantitative estimate of drug-likeness (QED) is 0.850. The Morgan fingerprint density at radius 1 is 1.38 bits per heavy atom. The molecule has 1 aromatic rings. The van der Waals surface area contributed by atoms with E-state index in [0.717, 1.165) is 12.4 Å². The van der Waals surface area contributed by atoms with E-state index in [2.05, 4.69) is 16.4 Å². The Morgan fingerprint density at radius 2 is 2.25 bits per heavy atom. The van der Waals surface area contributed by atoms with Crippen molar-refractivity contribution in [1.29, 1.82) is 0 Å². The topological polar surface area (TPSA) is 34.1 Å². The third-order valence-corrected chi connectivity index (χ3v) is 2.83. The zero-order valence-corrected chi connectivity index (χ0v) is 10.1. The monoisotopic (exact) mass is 220 g/mol. The predicted molar refractivity (Wildman–Crippen MR) is 64.6 cm³/mol. The molecule has 88 valence electrons. The van der Waals surface area contributed by atoms with Gasteiger partial charge in [0.05, 0.1) is 6.10 Å². The van der Waals surface area contributed by atoms with Crippen molar-refractivity contribution in [3.63, 3.8) is 0 Å². The van der Waals surface area contributed by atoms with Gasteiger partial charge in [-0.25, -0.2) is 4.98 Å². The highest BCUT2D eigenvalue weighted by molar-refractivity contribution is 5.21. The Bertz CT molecular complexity index is 315. The van der Waals surface area contributed by atoms with E-state index in [1.54, 1.807) is 0 Å². The molecular formula is C13H20N2O. The first kappa shape index (κ1) is 11.4. The summed E-state index contributed by atoms with van der Waals surface area (Å²) in [7, 11) is 0. The van der Waals surface area contributed by atoms with Crippen LogP contribution in [0, 0.1) is 0 Å². The Hall–Kier alpha value is -1.09. The summed E-state index contributed by atoms with van der Waals surface area (Å²) in [6.45, 7) is 5.14. The van der Waals surface area contributed by atoms with Gasteiger partial charge in [-0.2, -0.15) is 0 Å². The molecule has 0 saturated carbocycles. The van der Waals surface area contributed by atoms with E-state index < -0.39 is 0 Å². The smallest absolute Gasteiger partial charge is 0.213 e. The Labute approximate surface area is 97.2 Å². The van der Waals surface area contributed by atoms with Crippen LogP contribution in [0.5, 0.6) is 5.88 Å². The summed E-state index contributed by atoms with van der Waals surface area (Å²) in [6, 6.07) is 4.56. The number of ether oxygens (including phenoxy) is 1. The average Bonchev–Trinajstić information content (AvgIpc) is 2.30. The summed E-state index contributed by atoms with van der Waals surface area (Å²) in [4.78, 5) is 4.33. The van der Waals surface area contributed by atoms with E-state index in [0.29, 0.717) is 6.04 Å². The summed E-state index contributed by atoms with van der Waals surface area (Å²) < 4.78 is 5.52. The van der Waals surface area contributed by atoms with Gasteiger partial charge in [0, 0.05) is 18.3 Å². The Balaban J connectivity index is 2.00. The molecule has 0 aromatic carbocycles. The van der Waals surface area contributed by atoms with Gasteiger partial charge in [0.15, 0.2) is 0 Å². The number of rotatable bonds is 3.